The van der Waals surface area contributed by atoms with E-state index in [9.17, 15) is 5.11 Å². The average molecular weight is 352 g/mol. The van der Waals surface area contributed by atoms with Crippen molar-refractivity contribution in [1.82, 2.24) is 0 Å². The Bertz CT molecular complexity index is 455. The second-order valence-corrected chi connectivity index (χ2v) is 10.2. The first kappa shape index (κ1) is 17.7. The fraction of sp³-hybridized carbons (Fsp3) is 1.00. The molecule has 4 saturated carbocycles. The van der Waals surface area contributed by atoms with Crippen molar-refractivity contribution in [3.05, 3.63) is 0 Å². The largest absolute Gasteiger partial charge is 0.396 e. The lowest BCUT2D eigenvalue weighted by Crippen LogP contribution is -2.52. The summed E-state index contributed by atoms with van der Waals surface area (Å²) in [7, 11) is 2.51. The first-order valence-corrected chi connectivity index (χ1v) is 11.0. The summed E-state index contributed by atoms with van der Waals surface area (Å²) in [4.78, 5) is 0. The van der Waals surface area contributed by atoms with Gasteiger partial charge in [-0.1, -0.05) is 13.8 Å². The third-order valence-corrected chi connectivity index (χ3v) is 9.51. The number of hydrogen-bond donors (Lipinski definition) is 1. The summed E-state index contributed by atoms with van der Waals surface area (Å²) in [5.41, 5.74) is 0.519. The zero-order valence-electron chi connectivity index (χ0n) is 15.6. The van der Waals surface area contributed by atoms with E-state index in [4.69, 9.17) is 4.52 Å². The third-order valence-electron chi connectivity index (χ3n) is 9.13. The molecule has 138 valence electrons. The molecule has 2 nitrogen and oxygen atoms in total. The third kappa shape index (κ3) is 2.71. The van der Waals surface area contributed by atoms with E-state index in [1.807, 2.05) is 0 Å². The minimum Gasteiger partial charge on any atom is -0.396 e. The van der Waals surface area contributed by atoms with Gasteiger partial charge in [-0.15, -0.1) is 0 Å². The summed E-state index contributed by atoms with van der Waals surface area (Å²) in [6.45, 7) is 5.53. The van der Waals surface area contributed by atoms with Crippen molar-refractivity contribution < 1.29 is 9.63 Å². The predicted molar refractivity (Wildman–Crippen MR) is 101 cm³/mol. The molecular formula is C21H37O2P. The highest BCUT2D eigenvalue weighted by Gasteiger charge is 2.58. The van der Waals surface area contributed by atoms with Gasteiger partial charge in [0.25, 0.3) is 0 Å². The van der Waals surface area contributed by atoms with Crippen molar-refractivity contribution in [2.45, 2.75) is 77.7 Å². The van der Waals surface area contributed by atoms with E-state index in [1.54, 1.807) is 0 Å². The fourth-order valence-electron chi connectivity index (χ4n) is 8.12. The Hall–Kier alpha value is 0.350. The molecule has 0 radical (unpaired) electrons. The summed E-state index contributed by atoms with van der Waals surface area (Å²) < 4.78 is 5.63. The van der Waals surface area contributed by atoms with Crippen molar-refractivity contribution in [1.29, 1.82) is 0 Å². The van der Waals surface area contributed by atoms with Crippen molar-refractivity contribution in [3.8, 4) is 0 Å². The van der Waals surface area contributed by atoms with Gasteiger partial charge < -0.3 is 9.63 Å². The molecule has 0 bridgehead atoms. The Morgan fingerprint density at radius 3 is 2.67 bits per heavy atom. The molecule has 0 aromatic heterocycles. The van der Waals surface area contributed by atoms with E-state index >= 15 is 0 Å². The summed E-state index contributed by atoms with van der Waals surface area (Å²) in [6, 6.07) is 0. The molecule has 0 aromatic carbocycles. The second-order valence-electron chi connectivity index (χ2n) is 9.89. The highest BCUT2D eigenvalue weighted by Crippen LogP contribution is 2.65. The van der Waals surface area contributed by atoms with Crippen LogP contribution < -0.4 is 0 Å². The van der Waals surface area contributed by atoms with Crippen molar-refractivity contribution in [3.63, 3.8) is 0 Å². The number of hydrogen-bond acceptors (Lipinski definition) is 2. The minimum absolute atomic E-state index is 0.387. The monoisotopic (exact) mass is 352 g/mol. The second kappa shape index (κ2) is 6.82. The van der Waals surface area contributed by atoms with Gasteiger partial charge in [0.15, 0.2) is 0 Å². The highest BCUT2D eigenvalue weighted by atomic mass is 31.0. The first-order chi connectivity index (χ1) is 11.6. The van der Waals surface area contributed by atoms with Crippen molar-refractivity contribution >= 4 is 9.47 Å². The van der Waals surface area contributed by atoms with Gasteiger partial charge in [0.2, 0.25) is 0 Å². The molecule has 0 heterocycles. The number of aliphatic hydroxyl groups excluding tert-OH is 1. The van der Waals surface area contributed by atoms with Crippen LogP contribution in [0.15, 0.2) is 0 Å². The maximum atomic E-state index is 9.50. The fourth-order valence-corrected chi connectivity index (χ4v) is 8.37. The van der Waals surface area contributed by atoms with Crippen LogP contribution in [-0.4, -0.2) is 17.8 Å². The maximum absolute atomic E-state index is 9.50. The predicted octanol–water partition coefficient (Wildman–Crippen LogP) is 5.06. The molecular weight excluding hydrogens is 315 g/mol. The molecule has 0 aliphatic heterocycles. The van der Waals surface area contributed by atoms with Crippen LogP contribution >= 0.6 is 9.47 Å². The van der Waals surface area contributed by atoms with E-state index < -0.39 is 0 Å². The molecule has 0 saturated heterocycles. The zero-order valence-corrected chi connectivity index (χ0v) is 16.8. The number of rotatable bonds is 3. The quantitative estimate of drug-likeness (QED) is 0.720. The first-order valence-electron chi connectivity index (χ1n) is 10.5. The smallest absolute Gasteiger partial charge is 0.0613 e. The Morgan fingerprint density at radius 1 is 1.08 bits per heavy atom. The molecule has 0 aromatic rings. The van der Waals surface area contributed by atoms with E-state index in [0.717, 1.165) is 47.8 Å². The average Bonchev–Trinajstić information content (AvgIpc) is 2.91. The molecule has 7 unspecified atom stereocenters. The highest BCUT2D eigenvalue weighted by molar-refractivity contribution is 7.09. The van der Waals surface area contributed by atoms with E-state index in [-0.39, 0.29) is 0 Å². The maximum Gasteiger partial charge on any atom is 0.0613 e. The van der Waals surface area contributed by atoms with Gasteiger partial charge in [-0.3, -0.25) is 0 Å². The van der Waals surface area contributed by atoms with Gasteiger partial charge in [0, 0.05) is 16.1 Å². The summed E-state index contributed by atoms with van der Waals surface area (Å²) in [6.07, 6.45) is 12.6. The Morgan fingerprint density at radius 2 is 1.92 bits per heavy atom. The van der Waals surface area contributed by atoms with E-state index in [0.29, 0.717) is 18.1 Å². The van der Waals surface area contributed by atoms with Crippen molar-refractivity contribution in [2.24, 2.45) is 46.8 Å². The molecule has 24 heavy (non-hydrogen) atoms. The number of aliphatic hydroxyl groups is 1. The Kier molecular flexibility index (Phi) is 5.04. The van der Waals surface area contributed by atoms with E-state index in [2.05, 4.69) is 23.3 Å². The molecule has 10 atom stereocenters. The van der Waals surface area contributed by atoms with Crippen LogP contribution in [0.4, 0.5) is 0 Å². The van der Waals surface area contributed by atoms with Gasteiger partial charge in [-0.05, 0) is 105 Å². The lowest BCUT2D eigenvalue weighted by Gasteiger charge is -2.58. The van der Waals surface area contributed by atoms with Gasteiger partial charge >= 0.3 is 0 Å². The molecule has 4 rings (SSSR count). The lowest BCUT2D eigenvalue weighted by atomic mass is 9.47. The molecule has 1 N–H and O–H groups in total. The van der Waals surface area contributed by atoms with Gasteiger partial charge in [-0.2, -0.15) is 0 Å². The van der Waals surface area contributed by atoms with Crippen LogP contribution in [0.25, 0.3) is 0 Å². The topological polar surface area (TPSA) is 29.5 Å². The molecule has 3 heteroatoms. The molecule has 4 fully saturated rings. The molecule has 4 aliphatic rings. The van der Waals surface area contributed by atoms with Crippen LogP contribution in [0.3, 0.4) is 0 Å². The Balaban J connectivity index is 1.55. The van der Waals surface area contributed by atoms with Crippen LogP contribution in [0.2, 0.25) is 0 Å². The van der Waals surface area contributed by atoms with Crippen LogP contribution in [0.5, 0.6) is 0 Å². The zero-order chi connectivity index (χ0) is 16.9. The van der Waals surface area contributed by atoms with Crippen LogP contribution in [0.1, 0.15) is 71.6 Å². The standard InChI is InChI=1S/C21H37O2P/c1-13-11-14-12-16(23-24)4-5-17(14)18-7-9-21(2)15(8-10-22)3-6-19(21)20(13)18/h13-20,22H,3-12,24H2,1-2H3/t13-,14?,15-,16?,17?,18?,19?,20?,21-/m1/s1. The van der Waals surface area contributed by atoms with Crippen LogP contribution in [0, 0.1) is 46.8 Å². The van der Waals surface area contributed by atoms with Gasteiger partial charge in [0.1, 0.15) is 0 Å². The normalized spacial score (nSPS) is 54.0. The summed E-state index contributed by atoms with van der Waals surface area (Å²) in [5, 5.41) is 9.50. The van der Waals surface area contributed by atoms with Gasteiger partial charge in [0.05, 0.1) is 6.10 Å². The minimum atomic E-state index is 0.387. The molecule has 0 spiro atoms. The SMILES string of the molecule is C[C@@H]1CC2CC(OP)CCC2C2CC[C@@]3(C)C(CC[C@@H]3CCO)C21. The molecule has 0 amide bonds. The van der Waals surface area contributed by atoms with Gasteiger partial charge in [-0.25, -0.2) is 0 Å². The summed E-state index contributed by atoms with van der Waals surface area (Å²) >= 11 is 0. The number of fused-ring (bicyclic) bond motifs is 5. The van der Waals surface area contributed by atoms with Crippen molar-refractivity contribution in [2.75, 3.05) is 6.61 Å². The van der Waals surface area contributed by atoms with E-state index in [1.165, 1.54) is 51.4 Å². The summed E-state index contributed by atoms with van der Waals surface area (Å²) in [5.74, 6) is 6.43. The van der Waals surface area contributed by atoms with Crippen LogP contribution in [-0.2, 0) is 4.52 Å². The lowest BCUT2D eigenvalue weighted by molar-refractivity contribution is -0.0996. The molecule has 4 aliphatic carbocycles. The Labute approximate surface area is 150 Å².